The van der Waals surface area contributed by atoms with Crippen molar-refractivity contribution >= 4 is 28.7 Å². The van der Waals surface area contributed by atoms with E-state index in [1.165, 1.54) is 0 Å². The van der Waals surface area contributed by atoms with Crippen molar-refractivity contribution in [3.05, 3.63) is 29.6 Å². The molecule has 1 aliphatic rings. The number of thiophene rings is 1. The van der Waals surface area contributed by atoms with Crippen molar-refractivity contribution in [2.24, 2.45) is 0 Å². The maximum atomic E-state index is 12.4. The fraction of sp³-hybridized carbons (Fsp3) is 0.375. The van der Waals surface area contributed by atoms with Crippen molar-refractivity contribution in [1.82, 2.24) is 24.7 Å². The molecule has 130 valence electrons. The molecule has 1 amide bonds. The number of amides is 1. The fourth-order valence-corrected chi connectivity index (χ4v) is 3.43. The van der Waals surface area contributed by atoms with Gasteiger partial charge in [-0.2, -0.15) is 4.52 Å². The van der Waals surface area contributed by atoms with Crippen LogP contribution in [0.3, 0.4) is 0 Å². The first-order valence-corrected chi connectivity index (χ1v) is 8.93. The minimum atomic E-state index is 0.0786. The standard InChI is InChI=1S/C16H18N6O2S/c1-20(11-15(23)21-6-8-24-9-7-21)14-5-4-13-17-18-16(22(13)19-14)12-3-2-10-25-12/h2-5,10H,6-9,11H2,1H3. The third kappa shape index (κ3) is 3.20. The number of anilines is 1. The van der Waals surface area contributed by atoms with Crippen LogP contribution in [0.2, 0.25) is 0 Å². The SMILES string of the molecule is CN(CC(=O)N1CCOCC1)c1ccc2nnc(-c3cccs3)n2n1. The lowest BCUT2D eigenvalue weighted by Gasteiger charge is -2.29. The summed E-state index contributed by atoms with van der Waals surface area (Å²) in [5, 5.41) is 15.0. The molecular formula is C16H18N6O2S. The summed E-state index contributed by atoms with van der Waals surface area (Å²) in [6.07, 6.45) is 0. The van der Waals surface area contributed by atoms with Crippen LogP contribution in [0.5, 0.6) is 0 Å². The van der Waals surface area contributed by atoms with Crippen LogP contribution in [0.1, 0.15) is 0 Å². The van der Waals surface area contributed by atoms with Crippen LogP contribution in [0, 0.1) is 0 Å². The van der Waals surface area contributed by atoms with E-state index in [1.807, 2.05) is 46.5 Å². The highest BCUT2D eigenvalue weighted by Gasteiger charge is 2.19. The quantitative estimate of drug-likeness (QED) is 0.696. The van der Waals surface area contributed by atoms with E-state index in [4.69, 9.17) is 4.74 Å². The van der Waals surface area contributed by atoms with Gasteiger partial charge in [0.05, 0.1) is 24.6 Å². The molecular weight excluding hydrogens is 340 g/mol. The molecule has 3 aromatic heterocycles. The Hall–Kier alpha value is -2.52. The molecule has 1 fully saturated rings. The molecule has 4 heterocycles. The average molecular weight is 358 g/mol. The summed E-state index contributed by atoms with van der Waals surface area (Å²) in [5.41, 5.74) is 0.681. The molecule has 0 spiro atoms. The maximum absolute atomic E-state index is 12.4. The summed E-state index contributed by atoms with van der Waals surface area (Å²) in [5.74, 6) is 1.49. The second-order valence-electron chi connectivity index (χ2n) is 5.81. The van der Waals surface area contributed by atoms with E-state index in [1.54, 1.807) is 15.9 Å². The first-order chi connectivity index (χ1) is 12.2. The predicted molar refractivity (Wildman–Crippen MR) is 94.8 cm³/mol. The Bertz CT molecular complexity index is 872. The Balaban J connectivity index is 1.56. The van der Waals surface area contributed by atoms with Crippen molar-refractivity contribution in [2.75, 3.05) is 44.8 Å². The topological polar surface area (TPSA) is 75.9 Å². The summed E-state index contributed by atoms with van der Waals surface area (Å²) in [6.45, 7) is 2.77. The summed E-state index contributed by atoms with van der Waals surface area (Å²) in [7, 11) is 1.86. The number of hydrogen-bond acceptors (Lipinski definition) is 7. The van der Waals surface area contributed by atoms with Gasteiger partial charge in [-0.25, -0.2) is 0 Å². The van der Waals surface area contributed by atoms with Gasteiger partial charge >= 0.3 is 0 Å². The molecule has 0 aromatic carbocycles. The van der Waals surface area contributed by atoms with Crippen molar-refractivity contribution in [1.29, 1.82) is 0 Å². The monoisotopic (exact) mass is 358 g/mol. The van der Waals surface area contributed by atoms with Crippen LogP contribution in [0.4, 0.5) is 5.82 Å². The molecule has 0 N–H and O–H groups in total. The van der Waals surface area contributed by atoms with Crippen LogP contribution >= 0.6 is 11.3 Å². The van der Waals surface area contributed by atoms with E-state index >= 15 is 0 Å². The zero-order valence-electron chi connectivity index (χ0n) is 13.8. The zero-order valence-corrected chi connectivity index (χ0v) is 14.6. The Labute approximate surface area is 148 Å². The lowest BCUT2D eigenvalue weighted by molar-refractivity contribution is -0.133. The minimum Gasteiger partial charge on any atom is -0.378 e. The van der Waals surface area contributed by atoms with Crippen molar-refractivity contribution in [2.45, 2.75) is 0 Å². The highest BCUT2D eigenvalue weighted by molar-refractivity contribution is 7.13. The molecule has 1 saturated heterocycles. The van der Waals surface area contributed by atoms with Crippen LogP contribution in [0.15, 0.2) is 29.6 Å². The molecule has 3 aromatic rings. The second kappa shape index (κ2) is 6.77. The highest BCUT2D eigenvalue weighted by atomic mass is 32.1. The Kier molecular flexibility index (Phi) is 4.33. The Morgan fingerprint density at radius 3 is 2.88 bits per heavy atom. The van der Waals surface area contributed by atoms with Gasteiger partial charge in [-0.05, 0) is 23.6 Å². The minimum absolute atomic E-state index is 0.0786. The lowest BCUT2D eigenvalue weighted by atomic mass is 10.3. The van der Waals surface area contributed by atoms with Crippen molar-refractivity contribution in [3.63, 3.8) is 0 Å². The Morgan fingerprint density at radius 2 is 2.12 bits per heavy atom. The van der Waals surface area contributed by atoms with Gasteiger partial charge in [0.1, 0.15) is 5.82 Å². The number of likely N-dealkylation sites (N-methyl/N-ethyl adjacent to an activating group) is 1. The summed E-state index contributed by atoms with van der Waals surface area (Å²) in [6, 6.07) is 7.68. The lowest BCUT2D eigenvalue weighted by Crippen LogP contribution is -2.45. The summed E-state index contributed by atoms with van der Waals surface area (Å²) in [4.78, 5) is 17.1. The average Bonchev–Trinajstić information content (AvgIpc) is 3.31. The van der Waals surface area contributed by atoms with Crippen LogP contribution < -0.4 is 4.90 Å². The van der Waals surface area contributed by atoms with E-state index in [2.05, 4.69) is 15.3 Å². The molecule has 0 unspecified atom stereocenters. The number of fused-ring (bicyclic) bond motifs is 1. The van der Waals surface area contributed by atoms with Gasteiger partial charge in [-0.1, -0.05) is 6.07 Å². The molecule has 1 aliphatic heterocycles. The highest BCUT2D eigenvalue weighted by Crippen LogP contribution is 2.23. The number of carbonyl (C=O) groups excluding carboxylic acids is 1. The molecule has 0 atom stereocenters. The van der Waals surface area contributed by atoms with Crippen LogP contribution in [-0.2, 0) is 9.53 Å². The molecule has 0 radical (unpaired) electrons. The third-order valence-corrected chi connectivity index (χ3v) is 4.98. The molecule has 0 aliphatic carbocycles. The molecule has 4 rings (SSSR count). The molecule has 25 heavy (non-hydrogen) atoms. The fourth-order valence-electron chi connectivity index (χ4n) is 2.74. The van der Waals surface area contributed by atoms with Crippen molar-refractivity contribution in [3.8, 4) is 10.7 Å². The summed E-state index contributed by atoms with van der Waals surface area (Å²) < 4.78 is 7.01. The van der Waals surface area contributed by atoms with E-state index in [-0.39, 0.29) is 12.5 Å². The van der Waals surface area contributed by atoms with Gasteiger partial charge < -0.3 is 14.5 Å². The first-order valence-electron chi connectivity index (χ1n) is 8.05. The van der Waals surface area contributed by atoms with Crippen LogP contribution in [-0.4, -0.2) is 70.5 Å². The number of morpholine rings is 1. The normalized spacial score (nSPS) is 14.8. The number of rotatable bonds is 4. The van der Waals surface area contributed by atoms with Gasteiger partial charge in [0.2, 0.25) is 5.91 Å². The number of nitrogens with zero attached hydrogens (tertiary/aromatic N) is 6. The zero-order chi connectivity index (χ0) is 17.2. The predicted octanol–water partition coefficient (Wildman–Crippen LogP) is 1.15. The van der Waals surface area contributed by atoms with Crippen molar-refractivity contribution < 1.29 is 9.53 Å². The van der Waals surface area contributed by atoms with Crippen LogP contribution in [0.25, 0.3) is 16.3 Å². The molecule has 9 heteroatoms. The summed E-state index contributed by atoms with van der Waals surface area (Å²) >= 11 is 1.59. The van der Waals surface area contributed by atoms with E-state index < -0.39 is 0 Å². The van der Waals surface area contributed by atoms with E-state index in [0.717, 1.165) is 4.88 Å². The van der Waals surface area contributed by atoms with Gasteiger partial charge in [0.15, 0.2) is 11.5 Å². The molecule has 0 bridgehead atoms. The second-order valence-corrected chi connectivity index (χ2v) is 6.76. The largest absolute Gasteiger partial charge is 0.378 e. The van der Waals surface area contributed by atoms with E-state index in [9.17, 15) is 4.79 Å². The Morgan fingerprint density at radius 1 is 1.28 bits per heavy atom. The first kappa shape index (κ1) is 16.0. The molecule has 8 nitrogen and oxygen atoms in total. The van der Waals surface area contributed by atoms with E-state index in [0.29, 0.717) is 43.6 Å². The van der Waals surface area contributed by atoms with Gasteiger partial charge in [-0.3, -0.25) is 4.79 Å². The number of hydrogen-bond donors (Lipinski definition) is 0. The molecule has 0 saturated carbocycles. The third-order valence-electron chi connectivity index (χ3n) is 4.12. The smallest absolute Gasteiger partial charge is 0.242 e. The van der Waals surface area contributed by atoms with Gasteiger partial charge in [0.25, 0.3) is 0 Å². The number of aromatic nitrogens is 4. The number of ether oxygens (including phenoxy) is 1. The maximum Gasteiger partial charge on any atom is 0.242 e. The number of carbonyl (C=O) groups is 1. The van der Waals surface area contributed by atoms with Gasteiger partial charge in [0, 0.05) is 20.1 Å². The van der Waals surface area contributed by atoms with Gasteiger partial charge in [-0.15, -0.1) is 26.6 Å².